The summed E-state index contributed by atoms with van der Waals surface area (Å²) in [5.74, 6) is 2.37. The van der Waals surface area contributed by atoms with Crippen molar-refractivity contribution in [3.63, 3.8) is 0 Å². The van der Waals surface area contributed by atoms with E-state index in [1.807, 2.05) is 25.1 Å². The molecule has 0 spiro atoms. The highest BCUT2D eigenvalue weighted by Gasteiger charge is 2.32. The average Bonchev–Trinajstić information content (AvgIpc) is 3.03. The SMILES string of the molecule is Cc1ccc2c(c1)-c1onc(C(=O)N[C@@H]3CCC[C@@H](C)[C@H]3C)c1CO2. The first-order valence-corrected chi connectivity index (χ1v) is 9.08. The number of aryl methyl sites for hydroxylation is 1. The molecule has 0 unspecified atom stereocenters. The van der Waals surface area contributed by atoms with E-state index in [0.29, 0.717) is 29.9 Å². The summed E-state index contributed by atoms with van der Waals surface area (Å²) in [7, 11) is 0. The molecular formula is C20H24N2O3. The number of benzene rings is 1. The molecule has 1 fully saturated rings. The van der Waals surface area contributed by atoms with Crippen molar-refractivity contribution < 1.29 is 14.1 Å². The van der Waals surface area contributed by atoms with Gasteiger partial charge in [0.15, 0.2) is 11.5 Å². The maximum atomic E-state index is 12.8. The number of hydrogen-bond donors (Lipinski definition) is 1. The normalized spacial score (nSPS) is 24.8. The molecule has 1 saturated carbocycles. The molecule has 1 aliphatic carbocycles. The third kappa shape index (κ3) is 2.81. The molecule has 5 nitrogen and oxygen atoms in total. The minimum Gasteiger partial charge on any atom is -0.488 e. The zero-order chi connectivity index (χ0) is 17.6. The number of rotatable bonds is 2. The highest BCUT2D eigenvalue weighted by Crippen LogP contribution is 2.39. The minimum atomic E-state index is -0.157. The van der Waals surface area contributed by atoms with Gasteiger partial charge in [-0.15, -0.1) is 0 Å². The third-order valence-electron chi connectivity index (χ3n) is 5.78. The van der Waals surface area contributed by atoms with Crippen LogP contribution in [0.3, 0.4) is 0 Å². The standard InChI is InChI=1S/C20H24N2O3/c1-11-7-8-17-14(9-11)19-15(10-24-17)18(22-25-19)20(23)21-16-6-4-5-12(2)13(16)3/h7-9,12-13,16H,4-6,10H2,1-3H3,(H,21,23)/t12-,13-,16-/m1/s1. The molecule has 0 bridgehead atoms. The molecule has 132 valence electrons. The monoisotopic (exact) mass is 340 g/mol. The summed E-state index contributed by atoms with van der Waals surface area (Å²) in [5, 5.41) is 7.24. The van der Waals surface area contributed by atoms with Crippen molar-refractivity contribution in [2.75, 3.05) is 0 Å². The number of carbonyl (C=O) groups is 1. The van der Waals surface area contributed by atoms with Crippen molar-refractivity contribution in [3.05, 3.63) is 35.0 Å². The van der Waals surface area contributed by atoms with Crippen LogP contribution in [0.1, 0.15) is 54.7 Å². The van der Waals surface area contributed by atoms with Crippen LogP contribution in [0.5, 0.6) is 5.75 Å². The summed E-state index contributed by atoms with van der Waals surface area (Å²) in [6, 6.07) is 6.13. The lowest BCUT2D eigenvalue weighted by molar-refractivity contribution is 0.0880. The van der Waals surface area contributed by atoms with Crippen molar-refractivity contribution in [1.82, 2.24) is 10.5 Å². The number of nitrogens with zero attached hydrogens (tertiary/aromatic N) is 1. The number of aromatic nitrogens is 1. The topological polar surface area (TPSA) is 64.4 Å². The molecule has 2 aliphatic rings. The first kappa shape index (κ1) is 16.2. The van der Waals surface area contributed by atoms with Crippen LogP contribution in [0, 0.1) is 18.8 Å². The molecule has 25 heavy (non-hydrogen) atoms. The van der Waals surface area contributed by atoms with Gasteiger partial charge in [0, 0.05) is 6.04 Å². The first-order chi connectivity index (χ1) is 12.0. The molecule has 1 aromatic carbocycles. The molecule has 1 aromatic heterocycles. The Morgan fingerprint density at radius 1 is 1.28 bits per heavy atom. The van der Waals surface area contributed by atoms with Crippen LogP contribution in [-0.2, 0) is 6.61 Å². The Bertz CT molecular complexity index is 811. The van der Waals surface area contributed by atoms with Gasteiger partial charge < -0.3 is 14.6 Å². The van der Waals surface area contributed by atoms with Crippen LogP contribution in [0.4, 0.5) is 0 Å². The fourth-order valence-corrected chi connectivity index (χ4v) is 3.95. The van der Waals surface area contributed by atoms with Crippen LogP contribution in [0.2, 0.25) is 0 Å². The fraction of sp³-hybridized carbons (Fsp3) is 0.500. The van der Waals surface area contributed by atoms with Gasteiger partial charge in [0.05, 0.1) is 11.1 Å². The predicted octanol–water partition coefficient (Wildman–Crippen LogP) is 4.10. The molecule has 0 radical (unpaired) electrons. The molecule has 1 aliphatic heterocycles. The lowest BCUT2D eigenvalue weighted by Gasteiger charge is -2.34. The summed E-state index contributed by atoms with van der Waals surface area (Å²) < 4.78 is 11.3. The van der Waals surface area contributed by atoms with E-state index in [0.717, 1.165) is 35.3 Å². The van der Waals surface area contributed by atoms with Gasteiger partial charge in [-0.25, -0.2) is 0 Å². The van der Waals surface area contributed by atoms with E-state index in [1.165, 1.54) is 6.42 Å². The Morgan fingerprint density at radius 3 is 2.96 bits per heavy atom. The number of carbonyl (C=O) groups excluding carboxylic acids is 1. The van der Waals surface area contributed by atoms with E-state index < -0.39 is 0 Å². The van der Waals surface area contributed by atoms with E-state index in [9.17, 15) is 4.79 Å². The molecule has 2 aromatic rings. The zero-order valence-electron chi connectivity index (χ0n) is 15.0. The van der Waals surface area contributed by atoms with E-state index in [-0.39, 0.29) is 11.9 Å². The highest BCUT2D eigenvalue weighted by atomic mass is 16.5. The molecule has 0 saturated heterocycles. The van der Waals surface area contributed by atoms with E-state index in [4.69, 9.17) is 9.26 Å². The smallest absolute Gasteiger partial charge is 0.274 e. The molecule has 2 heterocycles. The Balaban J connectivity index is 1.60. The van der Waals surface area contributed by atoms with E-state index in [1.54, 1.807) is 0 Å². The van der Waals surface area contributed by atoms with Gasteiger partial charge in [-0.3, -0.25) is 4.79 Å². The zero-order valence-corrected chi connectivity index (χ0v) is 15.0. The van der Waals surface area contributed by atoms with Crippen LogP contribution in [0.15, 0.2) is 22.7 Å². The minimum absolute atomic E-state index is 0.157. The lowest BCUT2D eigenvalue weighted by Crippen LogP contribution is -2.44. The largest absolute Gasteiger partial charge is 0.488 e. The molecule has 5 heteroatoms. The van der Waals surface area contributed by atoms with E-state index in [2.05, 4.69) is 24.3 Å². The van der Waals surface area contributed by atoms with Crippen LogP contribution < -0.4 is 10.1 Å². The second-order valence-electron chi connectivity index (χ2n) is 7.47. The van der Waals surface area contributed by atoms with Crippen molar-refractivity contribution in [3.8, 4) is 17.1 Å². The van der Waals surface area contributed by atoms with Crippen molar-refractivity contribution in [1.29, 1.82) is 0 Å². The molecule has 4 rings (SSSR count). The van der Waals surface area contributed by atoms with Crippen molar-refractivity contribution >= 4 is 5.91 Å². The van der Waals surface area contributed by atoms with Gasteiger partial charge in [-0.05, 0) is 37.3 Å². The Morgan fingerprint density at radius 2 is 2.12 bits per heavy atom. The second-order valence-corrected chi connectivity index (χ2v) is 7.47. The third-order valence-corrected chi connectivity index (χ3v) is 5.78. The number of nitrogens with one attached hydrogen (secondary N) is 1. The van der Waals surface area contributed by atoms with Crippen molar-refractivity contribution in [2.45, 2.75) is 52.7 Å². The summed E-state index contributed by atoms with van der Waals surface area (Å²) in [6.45, 7) is 6.81. The van der Waals surface area contributed by atoms with Gasteiger partial charge in [-0.1, -0.05) is 43.5 Å². The lowest BCUT2D eigenvalue weighted by atomic mass is 9.78. The maximum absolute atomic E-state index is 12.8. The summed E-state index contributed by atoms with van der Waals surface area (Å²) in [6.07, 6.45) is 3.41. The maximum Gasteiger partial charge on any atom is 0.274 e. The number of hydrogen-bond acceptors (Lipinski definition) is 4. The average molecular weight is 340 g/mol. The summed E-state index contributed by atoms with van der Waals surface area (Å²) in [4.78, 5) is 12.8. The molecular weight excluding hydrogens is 316 g/mol. The van der Waals surface area contributed by atoms with Crippen LogP contribution >= 0.6 is 0 Å². The summed E-state index contributed by atoms with van der Waals surface area (Å²) in [5.41, 5.74) is 3.08. The van der Waals surface area contributed by atoms with Gasteiger partial charge >= 0.3 is 0 Å². The highest BCUT2D eigenvalue weighted by molar-refractivity contribution is 5.95. The van der Waals surface area contributed by atoms with Crippen LogP contribution in [-0.4, -0.2) is 17.1 Å². The Kier molecular flexibility index (Phi) is 4.02. The van der Waals surface area contributed by atoms with Gasteiger partial charge in [0.1, 0.15) is 12.4 Å². The van der Waals surface area contributed by atoms with E-state index >= 15 is 0 Å². The Hall–Kier alpha value is -2.30. The van der Waals surface area contributed by atoms with Gasteiger partial charge in [-0.2, -0.15) is 0 Å². The number of ether oxygens (including phenoxy) is 1. The van der Waals surface area contributed by atoms with Crippen molar-refractivity contribution in [2.24, 2.45) is 11.8 Å². The number of fused-ring (bicyclic) bond motifs is 3. The second kappa shape index (κ2) is 6.21. The molecule has 1 amide bonds. The first-order valence-electron chi connectivity index (χ1n) is 9.08. The molecule has 1 N–H and O–H groups in total. The van der Waals surface area contributed by atoms with Crippen LogP contribution in [0.25, 0.3) is 11.3 Å². The quantitative estimate of drug-likeness (QED) is 0.894. The Labute approximate surface area is 147 Å². The number of amides is 1. The fourth-order valence-electron chi connectivity index (χ4n) is 3.95. The predicted molar refractivity (Wildman–Crippen MR) is 94.4 cm³/mol. The van der Waals surface area contributed by atoms with Gasteiger partial charge in [0.25, 0.3) is 5.91 Å². The van der Waals surface area contributed by atoms with Gasteiger partial charge in [0.2, 0.25) is 0 Å². The summed E-state index contributed by atoms with van der Waals surface area (Å²) >= 11 is 0. The molecule has 3 atom stereocenters.